The summed E-state index contributed by atoms with van der Waals surface area (Å²) in [5.41, 5.74) is 4.45. The van der Waals surface area contributed by atoms with Crippen molar-refractivity contribution in [3.63, 3.8) is 0 Å². The SMILES string of the molecule is Cc1cn(-c2ccc(Nc3cc(F)cn4cc(-c5ccc(F)cc5C)nc34)cc2F)cn1. The molecule has 2 aromatic carbocycles. The van der Waals surface area contributed by atoms with Crippen molar-refractivity contribution >= 4 is 17.0 Å². The summed E-state index contributed by atoms with van der Waals surface area (Å²) in [6.45, 7) is 3.61. The molecule has 0 saturated heterocycles. The third-order valence-corrected chi connectivity index (χ3v) is 5.20. The largest absolute Gasteiger partial charge is 0.352 e. The molecule has 0 unspecified atom stereocenters. The zero-order valence-electron chi connectivity index (χ0n) is 17.3. The first-order valence-electron chi connectivity index (χ1n) is 9.90. The van der Waals surface area contributed by atoms with Gasteiger partial charge in [-0.25, -0.2) is 23.1 Å². The third-order valence-electron chi connectivity index (χ3n) is 5.20. The van der Waals surface area contributed by atoms with Gasteiger partial charge in [0.2, 0.25) is 0 Å². The standard InChI is InChI=1S/C24H18F3N5/c1-14-7-16(25)3-5-19(14)22-12-31-11-17(26)8-21(24(31)30-22)29-18-4-6-23(20(27)9-18)32-10-15(2)28-13-32/h3-13,29H,1-2H3. The highest BCUT2D eigenvalue weighted by atomic mass is 19.1. The molecule has 0 aliphatic carbocycles. The van der Waals surface area contributed by atoms with Gasteiger partial charge in [-0.1, -0.05) is 0 Å². The first-order valence-corrected chi connectivity index (χ1v) is 9.90. The molecule has 0 bridgehead atoms. The van der Waals surface area contributed by atoms with Crippen LogP contribution in [0.3, 0.4) is 0 Å². The Labute approximate surface area is 181 Å². The minimum absolute atomic E-state index is 0.334. The average Bonchev–Trinajstić information content (AvgIpc) is 3.34. The maximum atomic E-state index is 14.7. The Morgan fingerprint density at radius 3 is 2.44 bits per heavy atom. The summed E-state index contributed by atoms with van der Waals surface area (Å²) >= 11 is 0. The molecule has 0 radical (unpaired) electrons. The zero-order valence-corrected chi connectivity index (χ0v) is 17.3. The Kier molecular flexibility index (Phi) is 4.70. The first kappa shape index (κ1) is 19.9. The number of anilines is 2. The summed E-state index contributed by atoms with van der Waals surface area (Å²) in [5, 5.41) is 3.05. The van der Waals surface area contributed by atoms with Gasteiger partial charge in [0, 0.05) is 35.9 Å². The quantitative estimate of drug-likeness (QED) is 0.380. The predicted molar refractivity (Wildman–Crippen MR) is 117 cm³/mol. The highest BCUT2D eigenvalue weighted by Gasteiger charge is 2.14. The molecule has 5 rings (SSSR count). The van der Waals surface area contributed by atoms with E-state index in [1.165, 1.54) is 30.5 Å². The van der Waals surface area contributed by atoms with Crippen LogP contribution in [-0.2, 0) is 0 Å². The van der Waals surface area contributed by atoms with Crippen molar-refractivity contribution in [3.8, 4) is 16.9 Å². The lowest BCUT2D eigenvalue weighted by molar-refractivity contribution is 0.618. The van der Waals surface area contributed by atoms with Crippen molar-refractivity contribution < 1.29 is 13.2 Å². The molecule has 3 aromatic heterocycles. The van der Waals surface area contributed by atoms with E-state index in [1.807, 2.05) is 6.92 Å². The van der Waals surface area contributed by atoms with Crippen LogP contribution in [0.5, 0.6) is 0 Å². The molecule has 0 fully saturated rings. The van der Waals surface area contributed by atoms with Crippen molar-refractivity contribution in [2.24, 2.45) is 0 Å². The molecule has 0 spiro atoms. The lowest BCUT2D eigenvalue weighted by atomic mass is 10.1. The first-order chi connectivity index (χ1) is 15.4. The summed E-state index contributed by atoms with van der Waals surface area (Å²) in [4.78, 5) is 8.72. The van der Waals surface area contributed by atoms with E-state index in [2.05, 4.69) is 15.3 Å². The number of imidazole rings is 2. The second-order valence-corrected chi connectivity index (χ2v) is 7.60. The minimum Gasteiger partial charge on any atom is -0.352 e. The molecule has 3 heterocycles. The number of nitrogens with zero attached hydrogens (tertiary/aromatic N) is 4. The monoisotopic (exact) mass is 433 g/mol. The number of hydrogen-bond acceptors (Lipinski definition) is 3. The number of halogens is 3. The average molecular weight is 433 g/mol. The zero-order chi connectivity index (χ0) is 22.4. The van der Waals surface area contributed by atoms with Gasteiger partial charge in [0.15, 0.2) is 5.65 Å². The van der Waals surface area contributed by atoms with E-state index >= 15 is 0 Å². The molecular formula is C24H18F3N5. The molecule has 0 aliphatic rings. The highest BCUT2D eigenvalue weighted by molar-refractivity contribution is 5.77. The Morgan fingerprint density at radius 1 is 0.875 bits per heavy atom. The number of nitrogens with one attached hydrogen (secondary N) is 1. The second-order valence-electron chi connectivity index (χ2n) is 7.60. The molecule has 0 amide bonds. The van der Waals surface area contributed by atoms with Crippen LogP contribution in [0.25, 0.3) is 22.6 Å². The van der Waals surface area contributed by atoms with Gasteiger partial charge in [0.25, 0.3) is 0 Å². The number of rotatable bonds is 4. The number of benzene rings is 2. The number of fused-ring (bicyclic) bond motifs is 1. The van der Waals surface area contributed by atoms with E-state index in [0.717, 1.165) is 16.8 Å². The fraction of sp³-hybridized carbons (Fsp3) is 0.0833. The van der Waals surface area contributed by atoms with Gasteiger partial charge < -0.3 is 14.3 Å². The molecule has 5 nitrogen and oxygen atoms in total. The van der Waals surface area contributed by atoms with Crippen LogP contribution >= 0.6 is 0 Å². The summed E-state index contributed by atoms with van der Waals surface area (Å²) in [6, 6.07) is 10.4. The topological polar surface area (TPSA) is 47.2 Å². The van der Waals surface area contributed by atoms with E-state index in [0.29, 0.717) is 28.4 Å². The molecule has 0 saturated carbocycles. The number of aromatic nitrogens is 4. The van der Waals surface area contributed by atoms with Crippen LogP contribution in [0.1, 0.15) is 11.3 Å². The van der Waals surface area contributed by atoms with E-state index in [-0.39, 0.29) is 5.82 Å². The summed E-state index contributed by atoms with van der Waals surface area (Å²) in [7, 11) is 0. The normalized spacial score (nSPS) is 11.3. The van der Waals surface area contributed by atoms with Gasteiger partial charge >= 0.3 is 0 Å². The van der Waals surface area contributed by atoms with Crippen LogP contribution in [0, 0.1) is 31.3 Å². The van der Waals surface area contributed by atoms with Crippen LogP contribution in [0.4, 0.5) is 24.5 Å². The van der Waals surface area contributed by atoms with Crippen LogP contribution in [0.2, 0.25) is 0 Å². The van der Waals surface area contributed by atoms with Crippen molar-refractivity contribution in [1.29, 1.82) is 0 Å². The second kappa shape index (κ2) is 7.56. The maximum absolute atomic E-state index is 14.7. The van der Waals surface area contributed by atoms with Crippen molar-refractivity contribution in [3.05, 3.63) is 96.1 Å². The van der Waals surface area contributed by atoms with Gasteiger partial charge in [0.05, 0.1) is 29.1 Å². The van der Waals surface area contributed by atoms with Crippen molar-refractivity contribution in [2.75, 3.05) is 5.32 Å². The maximum Gasteiger partial charge on any atom is 0.161 e. The number of hydrogen-bond donors (Lipinski definition) is 1. The highest BCUT2D eigenvalue weighted by Crippen LogP contribution is 2.29. The molecule has 0 atom stereocenters. The van der Waals surface area contributed by atoms with E-state index in [9.17, 15) is 13.2 Å². The fourth-order valence-electron chi connectivity index (χ4n) is 3.70. The van der Waals surface area contributed by atoms with E-state index < -0.39 is 11.6 Å². The molecule has 8 heteroatoms. The third kappa shape index (κ3) is 3.60. The minimum atomic E-state index is -0.481. The summed E-state index contributed by atoms with van der Waals surface area (Å²) in [6.07, 6.45) is 6.25. The van der Waals surface area contributed by atoms with E-state index in [4.69, 9.17) is 0 Å². The Morgan fingerprint density at radius 2 is 1.72 bits per heavy atom. The molecule has 1 N–H and O–H groups in total. The molecule has 0 aliphatic heterocycles. The number of pyridine rings is 1. The molecule has 160 valence electrons. The molecule has 32 heavy (non-hydrogen) atoms. The predicted octanol–water partition coefficient (Wildman–Crippen LogP) is 5.96. The van der Waals surface area contributed by atoms with Gasteiger partial charge in [0.1, 0.15) is 17.5 Å². The Hall–Kier alpha value is -4.07. The lowest BCUT2D eigenvalue weighted by Gasteiger charge is -2.10. The number of aryl methyl sites for hydroxylation is 2. The van der Waals surface area contributed by atoms with Crippen LogP contribution in [0.15, 0.2) is 67.4 Å². The van der Waals surface area contributed by atoms with Gasteiger partial charge in [-0.3, -0.25) is 0 Å². The fourth-order valence-corrected chi connectivity index (χ4v) is 3.70. The van der Waals surface area contributed by atoms with Crippen LogP contribution in [-0.4, -0.2) is 18.9 Å². The lowest BCUT2D eigenvalue weighted by Crippen LogP contribution is -1.99. The molecule has 5 aromatic rings. The Bertz CT molecular complexity index is 1470. The molecular weight excluding hydrogens is 415 g/mol. The van der Waals surface area contributed by atoms with Crippen molar-refractivity contribution in [1.82, 2.24) is 18.9 Å². The Balaban J connectivity index is 1.53. The van der Waals surface area contributed by atoms with E-state index in [1.54, 1.807) is 52.8 Å². The van der Waals surface area contributed by atoms with Gasteiger partial charge in [-0.05, 0) is 55.8 Å². The van der Waals surface area contributed by atoms with Gasteiger partial charge in [-0.15, -0.1) is 0 Å². The van der Waals surface area contributed by atoms with Crippen molar-refractivity contribution in [2.45, 2.75) is 13.8 Å². The summed E-state index contributed by atoms with van der Waals surface area (Å²) < 4.78 is 45.6. The summed E-state index contributed by atoms with van der Waals surface area (Å²) in [5.74, 6) is -1.27. The van der Waals surface area contributed by atoms with Crippen LogP contribution < -0.4 is 5.32 Å². The smallest absolute Gasteiger partial charge is 0.161 e. The van der Waals surface area contributed by atoms with Gasteiger partial charge in [-0.2, -0.15) is 0 Å².